The highest BCUT2D eigenvalue weighted by atomic mass is 19.3. The molecule has 3 N–H and O–H groups in total. The molecule has 0 radical (unpaired) electrons. The van der Waals surface area contributed by atoms with Crippen molar-refractivity contribution in [1.82, 2.24) is 15.1 Å². The van der Waals surface area contributed by atoms with Gasteiger partial charge in [-0.15, -0.1) is 0 Å². The highest BCUT2D eigenvalue weighted by Crippen LogP contribution is 2.22. The Morgan fingerprint density at radius 3 is 2.35 bits per heavy atom. The van der Waals surface area contributed by atoms with Gasteiger partial charge in [0.25, 0.3) is 5.91 Å². The van der Waals surface area contributed by atoms with Crippen LogP contribution in [0.3, 0.4) is 0 Å². The van der Waals surface area contributed by atoms with E-state index >= 15 is 0 Å². The summed E-state index contributed by atoms with van der Waals surface area (Å²) in [6, 6.07) is 5.78. The molecule has 10 heteroatoms. The first kappa shape index (κ1) is 19.6. The van der Waals surface area contributed by atoms with Gasteiger partial charge in [0.15, 0.2) is 0 Å². The minimum atomic E-state index is -3.03. The number of amides is 3. The Hall–Kier alpha value is -2.75. The molecular weight excluding hydrogens is 350 g/mol. The number of hydrogen-bond donors (Lipinski definition) is 2. The van der Waals surface area contributed by atoms with Crippen molar-refractivity contribution >= 4 is 17.7 Å². The normalized spacial score (nSPS) is 14.3. The van der Waals surface area contributed by atoms with Crippen LogP contribution in [0.1, 0.15) is 10.4 Å². The van der Waals surface area contributed by atoms with Gasteiger partial charge in [0, 0.05) is 26.2 Å². The number of ether oxygens (including phenoxy) is 1. The number of para-hydroxylation sites is 1. The van der Waals surface area contributed by atoms with Crippen molar-refractivity contribution in [3.8, 4) is 5.75 Å². The number of benzene rings is 1. The van der Waals surface area contributed by atoms with Crippen molar-refractivity contribution in [3.63, 3.8) is 0 Å². The van der Waals surface area contributed by atoms with Gasteiger partial charge < -0.3 is 25.6 Å². The van der Waals surface area contributed by atoms with Crippen molar-refractivity contribution in [3.05, 3.63) is 29.8 Å². The van der Waals surface area contributed by atoms with Crippen molar-refractivity contribution in [2.24, 2.45) is 5.73 Å². The van der Waals surface area contributed by atoms with Gasteiger partial charge in [-0.25, -0.2) is 0 Å². The van der Waals surface area contributed by atoms with Crippen LogP contribution in [-0.4, -0.2) is 73.4 Å². The molecule has 0 atom stereocenters. The van der Waals surface area contributed by atoms with Crippen LogP contribution < -0.4 is 15.8 Å². The van der Waals surface area contributed by atoms with Gasteiger partial charge in [-0.3, -0.25) is 14.4 Å². The van der Waals surface area contributed by atoms with E-state index in [9.17, 15) is 23.2 Å². The lowest BCUT2D eigenvalue weighted by atomic mass is 10.1. The number of nitrogens with two attached hydrogens (primary N) is 1. The summed E-state index contributed by atoms with van der Waals surface area (Å²) in [5, 5.41) is 2.39. The molecule has 8 nitrogen and oxygen atoms in total. The first-order valence-electron chi connectivity index (χ1n) is 8.00. The summed E-state index contributed by atoms with van der Waals surface area (Å²) in [6.45, 7) is -2.33. The molecule has 2 rings (SSSR count). The third-order valence-corrected chi connectivity index (χ3v) is 3.88. The third kappa shape index (κ3) is 5.12. The second-order valence-electron chi connectivity index (χ2n) is 5.53. The zero-order valence-corrected chi connectivity index (χ0v) is 14.0. The fourth-order valence-corrected chi connectivity index (χ4v) is 2.53. The van der Waals surface area contributed by atoms with Crippen molar-refractivity contribution in [1.29, 1.82) is 0 Å². The minimum absolute atomic E-state index is 0.0442. The van der Waals surface area contributed by atoms with Gasteiger partial charge in [-0.1, -0.05) is 12.1 Å². The van der Waals surface area contributed by atoms with Crippen LogP contribution in [0.15, 0.2) is 24.3 Å². The van der Waals surface area contributed by atoms with E-state index in [0.29, 0.717) is 0 Å². The smallest absolute Gasteiger partial charge is 0.387 e. The number of nitrogens with one attached hydrogen (secondary N) is 1. The van der Waals surface area contributed by atoms with E-state index in [1.165, 1.54) is 28.0 Å². The average Bonchev–Trinajstić information content (AvgIpc) is 2.65. The molecule has 26 heavy (non-hydrogen) atoms. The number of alkyl halides is 2. The Kier molecular flexibility index (Phi) is 6.84. The summed E-state index contributed by atoms with van der Waals surface area (Å²) < 4.78 is 29.3. The zero-order chi connectivity index (χ0) is 19.1. The SMILES string of the molecule is NCC(=O)NCC(=O)N1CCN(C(=O)c2ccccc2OC(F)F)CC1. The van der Waals surface area contributed by atoms with Gasteiger partial charge in [0.1, 0.15) is 5.75 Å². The highest BCUT2D eigenvalue weighted by molar-refractivity contribution is 5.97. The molecule has 1 aromatic carbocycles. The average molecular weight is 370 g/mol. The lowest BCUT2D eigenvalue weighted by molar-refractivity contribution is -0.133. The lowest BCUT2D eigenvalue weighted by Gasteiger charge is -2.35. The maximum atomic E-state index is 12.6. The molecule has 1 fully saturated rings. The number of rotatable bonds is 6. The van der Waals surface area contributed by atoms with E-state index in [2.05, 4.69) is 10.1 Å². The molecule has 1 saturated heterocycles. The number of halogens is 2. The molecule has 0 aromatic heterocycles. The van der Waals surface area contributed by atoms with E-state index in [0.717, 1.165) is 0 Å². The van der Waals surface area contributed by atoms with Gasteiger partial charge in [0.05, 0.1) is 18.7 Å². The van der Waals surface area contributed by atoms with Gasteiger partial charge >= 0.3 is 6.61 Å². The second-order valence-corrected chi connectivity index (χ2v) is 5.53. The number of piperazine rings is 1. The Bertz CT molecular complexity index is 663. The lowest BCUT2D eigenvalue weighted by Crippen LogP contribution is -2.52. The number of hydrogen-bond acceptors (Lipinski definition) is 5. The Morgan fingerprint density at radius 2 is 1.73 bits per heavy atom. The first-order valence-corrected chi connectivity index (χ1v) is 8.00. The predicted molar refractivity (Wildman–Crippen MR) is 87.6 cm³/mol. The summed E-state index contributed by atoms with van der Waals surface area (Å²) in [5.41, 5.74) is 5.19. The molecule has 0 aliphatic carbocycles. The number of carbonyl (C=O) groups excluding carboxylic acids is 3. The predicted octanol–water partition coefficient (Wildman–Crippen LogP) is -0.353. The maximum absolute atomic E-state index is 12.6. The fraction of sp³-hybridized carbons (Fsp3) is 0.438. The largest absolute Gasteiger partial charge is 0.434 e. The van der Waals surface area contributed by atoms with E-state index in [1.54, 1.807) is 6.07 Å². The third-order valence-electron chi connectivity index (χ3n) is 3.88. The van der Waals surface area contributed by atoms with Crippen LogP contribution in [0.5, 0.6) is 5.75 Å². The standard InChI is InChI=1S/C16H20F2N4O4/c17-16(18)26-12-4-2-1-3-11(12)15(25)22-7-5-21(6-8-22)14(24)10-20-13(23)9-19/h1-4,16H,5-10,19H2,(H,20,23). The van der Waals surface area contributed by atoms with Gasteiger partial charge in [-0.05, 0) is 12.1 Å². The van der Waals surface area contributed by atoms with E-state index in [-0.39, 0.29) is 56.5 Å². The summed E-state index contributed by atoms with van der Waals surface area (Å²) in [4.78, 5) is 38.6. The number of carbonyl (C=O) groups is 3. The first-order chi connectivity index (χ1) is 12.4. The molecule has 142 valence electrons. The van der Waals surface area contributed by atoms with E-state index in [4.69, 9.17) is 5.73 Å². The Morgan fingerprint density at radius 1 is 1.12 bits per heavy atom. The molecule has 3 amide bonds. The van der Waals surface area contributed by atoms with Gasteiger partial charge in [0.2, 0.25) is 11.8 Å². The van der Waals surface area contributed by atoms with Gasteiger partial charge in [-0.2, -0.15) is 8.78 Å². The van der Waals surface area contributed by atoms with E-state index in [1.807, 2.05) is 0 Å². The molecule has 1 aliphatic rings. The number of nitrogens with zero attached hydrogens (tertiary/aromatic N) is 2. The van der Waals surface area contributed by atoms with Crippen molar-refractivity contribution < 1.29 is 27.9 Å². The zero-order valence-electron chi connectivity index (χ0n) is 14.0. The summed E-state index contributed by atoms with van der Waals surface area (Å²) in [6.07, 6.45) is 0. The quantitative estimate of drug-likeness (QED) is 0.712. The summed E-state index contributed by atoms with van der Waals surface area (Å²) >= 11 is 0. The molecule has 0 saturated carbocycles. The van der Waals surface area contributed by atoms with Crippen LogP contribution in [0.4, 0.5) is 8.78 Å². The van der Waals surface area contributed by atoms with Crippen LogP contribution in [0.25, 0.3) is 0 Å². The van der Waals surface area contributed by atoms with Crippen LogP contribution in [-0.2, 0) is 9.59 Å². The van der Waals surface area contributed by atoms with E-state index < -0.39 is 18.4 Å². The molecular formula is C16H20F2N4O4. The van der Waals surface area contributed by atoms with Crippen molar-refractivity contribution in [2.45, 2.75) is 6.61 Å². The topological polar surface area (TPSA) is 105 Å². The molecule has 0 unspecified atom stereocenters. The Labute approximate surface area is 148 Å². The molecule has 1 aliphatic heterocycles. The van der Waals surface area contributed by atoms with Crippen LogP contribution in [0.2, 0.25) is 0 Å². The molecule has 0 bridgehead atoms. The molecule has 0 spiro atoms. The summed E-state index contributed by atoms with van der Waals surface area (Å²) in [7, 11) is 0. The van der Waals surface area contributed by atoms with Crippen molar-refractivity contribution in [2.75, 3.05) is 39.3 Å². The van der Waals surface area contributed by atoms with Crippen LogP contribution in [0, 0.1) is 0 Å². The van der Waals surface area contributed by atoms with Crippen LogP contribution >= 0.6 is 0 Å². The molecule has 1 heterocycles. The monoisotopic (exact) mass is 370 g/mol. The molecule has 1 aromatic rings. The second kappa shape index (κ2) is 9.09. The fourth-order valence-electron chi connectivity index (χ4n) is 2.53. The Balaban J connectivity index is 1.92. The summed E-state index contributed by atoms with van der Waals surface area (Å²) in [5.74, 6) is -1.33. The highest BCUT2D eigenvalue weighted by Gasteiger charge is 2.26. The minimum Gasteiger partial charge on any atom is -0.434 e. The maximum Gasteiger partial charge on any atom is 0.387 e.